The van der Waals surface area contributed by atoms with Crippen LogP contribution in [0.15, 0.2) is 53.2 Å². The molecule has 1 saturated heterocycles. The predicted octanol–water partition coefficient (Wildman–Crippen LogP) is 3.56. The zero-order chi connectivity index (χ0) is 18.1. The molecule has 0 unspecified atom stereocenters. The molecule has 3 aromatic rings. The Morgan fingerprint density at radius 1 is 1.31 bits per heavy atom. The van der Waals surface area contributed by atoms with E-state index >= 15 is 0 Å². The van der Waals surface area contributed by atoms with Gasteiger partial charge in [0.25, 0.3) is 5.91 Å². The lowest BCUT2D eigenvalue weighted by atomic mass is 9.94. The molecule has 4 rings (SSSR count). The van der Waals surface area contributed by atoms with Gasteiger partial charge in [-0.15, -0.1) is 0 Å². The van der Waals surface area contributed by atoms with E-state index in [1.54, 1.807) is 6.20 Å². The van der Waals surface area contributed by atoms with Crippen LogP contribution >= 0.6 is 0 Å². The molecule has 0 saturated carbocycles. The van der Waals surface area contributed by atoms with Crippen molar-refractivity contribution in [1.82, 2.24) is 15.2 Å². The summed E-state index contributed by atoms with van der Waals surface area (Å²) in [6, 6.07) is 12.1. The molecule has 0 aliphatic carbocycles. The van der Waals surface area contributed by atoms with Gasteiger partial charge < -0.3 is 9.73 Å². The maximum atomic E-state index is 12.7. The van der Waals surface area contributed by atoms with Crippen molar-refractivity contribution in [3.05, 3.63) is 65.7 Å². The van der Waals surface area contributed by atoms with Crippen molar-refractivity contribution in [2.45, 2.75) is 19.4 Å². The second-order valence-corrected chi connectivity index (χ2v) is 7.02. The minimum atomic E-state index is -0.141. The maximum Gasteiger partial charge on any atom is 0.287 e. The van der Waals surface area contributed by atoms with Gasteiger partial charge in [0.15, 0.2) is 5.76 Å². The van der Waals surface area contributed by atoms with Crippen LogP contribution in [0.25, 0.3) is 11.0 Å². The topological polar surface area (TPSA) is 58.4 Å². The summed E-state index contributed by atoms with van der Waals surface area (Å²) in [5.74, 6) is 0.631. The first kappa shape index (κ1) is 16.8. The van der Waals surface area contributed by atoms with Crippen LogP contribution < -0.4 is 5.32 Å². The zero-order valence-electron chi connectivity index (χ0n) is 15.1. The number of carbonyl (C=O) groups is 1. The normalized spacial score (nSPS) is 20.5. The van der Waals surface area contributed by atoms with Crippen molar-refractivity contribution in [1.29, 1.82) is 0 Å². The number of furan rings is 1. The van der Waals surface area contributed by atoms with E-state index in [0.717, 1.165) is 29.5 Å². The number of benzene rings is 1. The summed E-state index contributed by atoms with van der Waals surface area (Å²) in [7, 11) is 2.13. The van der Waals surface area contributed by atoms with Crippen molar-refractivity contribution in [3.8, 4) is 0 Å². The van der Waals surface area contributed by atoms with E-state index in [1.807, 2.05) is 43.5 Å². The Labute approximate surface area is 153 Å². The number of hydrogen-bond acceptors (Lipinski definition) is 4. The third-order valence-electron chi connectivity index (χ3n) is 5.37. The highest BCUT2D eigenvalue weighted by Crippen LogP contribution is 2.35. The smallest absolute Gasteiger partial charge is 0.287 e. The summed E-state index contributed by atoms with van der Waals surface area (Å²) >= 11 is 0. The molecule has 5 heteroatoms. The van der Waals surface area contributed by atoms with Gasteiger partial charge in [-0.1, -0.05) is 24.3 Å². The fourth-order valence-corrected chi connectivity index (χ4v) is 4.01. The third kappa shape index (κ3) is 2.99. The Bertz CT molecular complexity index is 919. The number of aryl methyl sites for hydroxylation is 1. The molecule has 0 spiro atoms. The van der Waals surface area contributed by atoms with Crippen LogP contribution in [0.4, 0.5) is 0 Å². The number of pyridine rings is 1. The van der Waals surface area contributed by atoms with Crippen molar-refractivity contribution in [2.24, 2.45) is 5.92 Å². The van der Waals surface area contributed by atoms with Crippen molar-refractivity contribution in [2.75, 3.05) is 20.1 Å². The van der Waals surface area contributed by atoms with Gasteiger partial charge >= 0.3 is 0 Å². The minimum Gasteiger partial charge on any atom is -0.451 e. The lowest BCUT2D eigenvalue weighted by Crippen LogP contribution is -2.32. The van der Waals surface area contributed by atoms with Gasteiger partial charge in [-0.3, -0.25) is 14.7 Å². The largest absolute Gasteiger partial charge is 0.451 e. The summed E-state index contributed by atoms with van der Waals surface area (Å²) in [5.41, 5.74) is 2.85. The van der Waals surface area contributed by atoms with E-state index in [9.17, 15) is 4.79 Å². The molecule has 1 aromatic carbocycles. The van der Waals surface area contributed by atoms with E-state index in [2.05, 4.69) is 28.3 Å². The summed E-state index contributed by atoms with van der Waals surface area (Å²) < 4.78 is 5.78. The van der Waals surface area contributed by atoms with Crippen LogP contribution in [0, 0.1) is 12.8 Å². The highest BCUT2D eigenvalue weighted by molar-refractivity contribution is 5.98. The molecule has 1 amide bonds. The molecule has 0 radical (unpaired) electrons. The van der Waals surface area contributed by atoms with Crippen molar-refractivity contribution >= 4 is 16.9 Å². The number of aromatic nitrogens is 1. The maximum absolute atomic E-state index is 12.7. The minimum absolute atomic E-state index is 0.141. The summed E-state index contributed by atoms with van der Waals surface area (Å²) in [4.78, 5) is 19.3. The molecular weight excluding hydrogens is 326 g/mol. The fourth-order valence-electron chi connectivity index (χ4n) is 4.01. The molecule has 5 nitrogen and oxygen atoms in total. The molecule has 1 aliphatic heterocycles. The number of nitrogens with zero attached hydrogens (tertiary/aromatic N) is 2. The fraction of sp³-hybridized carbons (Fsp3) is 0.333. The Morgan fingerprint density at radius 2 is 2.15 bits per heavy atom. The number of likely N-dealkylation sites (tertiary alicyclic amines) is 1. The van der Waals surface area contributed by atoms with Gasteiger partial charge in [0.1, 0.15) is 5.58 Å². The average Bonchev–Trinajstić information content (AvgIpc) is 3.21. The van der Waals surface area contributed by atoms with Crippen LogP contribution in [0.3, 0.4) is 0 Å². The van der Waals surface area contributed by atoms with E-state index in [4.69, 9.17) is 4.42 Å². The summed E-state index contributed by atoms with van der Waals surface area (Å²) in [6.07, 6.45) is 4.76. The first-order valence-electron chi connectivity index (χ1n) is 9.01. The van der Waals surface area contributed by atoms with Crippen LogP contribution in [-0.2, 0) is 0 Å². The number of fused-ring (bicyclic) bond motifs is 1. The molecule has 1 fully saturated rings. The molecule has 2 atom stereocenters. The van der Waals surface area contributed by atoms with Crippen LogP contribution in [0.5, 0.6) is 0 Å². The van der Waals surface area contributed by atoms with Crippen LogP contribution in [-0.4, -0.2) is 35.9 Å². The van der Waals surface area contributed by atoms with E-state index < -0.39 is 0 Å². The number of hydrogen-bond donors (Lipinski definition) is 1. The van der Waals surface area contributed by atoms with Gasteiger partial charge in [0, 0.05) is 35.9 Å². The number of rotatable bonds is 4. The molecule has 1 aliphatic rings. The quantitative estimate of drug-likeness (QED) is 0.782. The molecule has 2 aromatic heterocycles. The van der Waals surface area contributed by atoms with Crippen molar-refractivity contribution in [3.63, 3.8) is 0 Å². The Morgan fingerprint density at radius 3 is 2.92 bits per heavy atom. The van der Waals surface area contributed by atoms with Crippen LogP contribution in [0.1, 0.15) is 34.1 Å². The number of carbonyl (C=O) groups excluding carboxylic acids is 1. The standard InChI is InChI=1S/C21H23N3O2/c1-14-17-7-3-4-8-18(17)26-20(14)21(25)23-13-16-9-11-24(2)19(16)15-6-5-10-22-12-15/h3-8,10,12,16,19H,9,11,13H2,1-2H3,(H,23,25)/t16-,19-/m0/s1. The zero-order valence-corrected chi connectivity index (χ0v) is 15.1. The lowest BCUT2D eigenvalue weighted by Gasteiger charge is -2.25. The molecule has 1 N–H and O–H groups in total. The SMILES string of the molecule is Cc1c(C(=O)NC[C@@H]2CCN(C)[C@H]2c2cccnc2)oc2ccccc12. The number of para-hydroxylation sites is 1. The number of nitrogens with one attached hydrogen (secondary N) is 1. The first-order valence-corrected chi connectivity index (χ1v) is 9.01. The van der Waals surface area contributed by atoms with E-state index in [1.165, 1.54) is 5.56 Å². The molecule has 26 heavy (non-hydrogen) atoms. The van der Waals surface area contributed by atoms with E-state index in [-0.39, 0.29) is 11.9 Å². The van der Waals surface area contributed by atoms with Crippen LogP contribution in [0.2, 0.25) is 0 Å². The van der Waals surface area contributed by atoms with Gasteiger partial charge in [0.2, 0.25) is 0 Å². The first-order chi connectivity index (χ1) is 12.6. The summed E-state index contributed by atoms with van der Waals surface area (Å²) in [6.45, 7) is 3.57. The van der Waals surface area contributed by atoms with Gasteiger partial charge in [-0.25, -0.2) is 0 Å². The second kappa shape index (κ2) is 6.92. The molecular formula is C21H23N3O2. The van der Waals surface area contributed by atoms with Crippen molar-refractivity contribution < 1.29 is 9.21 Å². The Kier molecular flexibility index (Phi) is 4.47. The highest BCUT2D eigenvalue weighted by atomic mass is 16.3. The molecule has 134 valence electrons. The molecule has 3 heterocycles. The highest BCUT2D eigenvalue weighted by Gasteiger charge is 2.33. The predicted molar refractivity (Wildman–Crippen MR) is 101 cm³/mol. The van der Waals surface area contributed by atoms with Gasteiger partial charge in [-0.2, -0.15) is 0 Å². The number of amides is 1. The van der Waals surface area contributed by atoms with Gasteiger partial charge in [-0.05, 0) is 50.6 Å². The average molecular weight is 349 g/mol. The van der Waals surface area contributed by atoms with Gasteiger partial charge in [0.05, 0.1) is 0 Å². The summed E-state index contributed by atoms with van der Waals surface area (Å²) in [5, 5.41) is 4.08. The third-order valence-corrected chi connectivity index (χ3v) is 5.37. The lowest BCUT2D eigenvalue weighted by molar-refractivity contribution is 0.0917. The Hall–Kier alpha value is -2.66. The second-order valence-electron chi connectivity index (χ2n) is 7.02. The van der Waals surface area contributed by atoms with E-state index in [0.29, 0.717) is 18.2 Å². The Balaban J connectivity index is 1.49. The molecule has 0 bridgehead atoms. The monoisotopic (exact) mass is 349 g/mol.